The number of para-hydroxylation sites is 2. The Labute approximate surface area is 115 Å². The number of ether oxygens (including phenoxy) is 2. The van der Waals surface area contributed by atoms with Gasteiger partial charge in [0.25, 0.3) is 0 Å². The second-order valence-corrected chi connectivity index (χ2v) is 5.82. The Bertz CT molecular complexity index is 425. The van der Waals surface area contributed by atoms with Gasteiger partial charge in [0.15, 0.2) is 11.5 Å². The molecule has 1 aromatic carbocycles. The molecule has 19 heavy (non-hydrogen) atoms. The number of nitrogens with zero attached hydrogens (tertiary/aromatic N) is 1. The first-order chi connectivity index (χ1) is 9.24. The van der Waals surface area contributed by atoms with Gasteiger partial charge in [-0.05, 0) is 38.8 Å². The molecule has 3 nitrogen and oxygen atoms in total. The van der Waals surface area contributed by atoms with Crippen molar-refractivity contribution in [2.45, 2.75) is 51.3 Å². The van der Waals surface area contributed by atoms with Gasteiger partial charge in [0.1, 0.15) is 12.7 Å². The number of fused-ring (bicyclic) bond motifs is 1. The van der Waals surface area contributed by atoms with Crippen LogP contribution in [-0.2, 0) is 0 Å². The second-order valence-electron chi connectivity index (χ2n) is 5.82. The van der Waals surface area contributed by atoms with Crippen LogP contribution in [0.5, 0.6) is 11.5 Å². The Balaban J connectivity index is 1.65. The molecular formula is C16H23NO2. The highest BCUT2D eigenvalue weighted by Gasteiger charge is 2.29. The average Bonchev–Trinajstić information content (AvgIpc) is 2.43. The third-order valence-electron chi connectivity index (χ3n) is 4.36. The van der Waals surface area contributed by atoms with E-state index >= 15 is 0 Å². The van der Waals surface area contributed by atoms with Gasteiger partial charge >= 0.3 is 0 Å². The number of hydrogen-bond donors (Lipinski definition) is 0. The van der Waals surface area contributed by atoms with E-state index in [1.54, 1.807) is 0 Å². The van der Waals surface area contributed by atoms with Crippen molar-refractivity contribution in [3.63, 3.8) is 0 Å². The maximum absolute atomic E-state index is 6.06. The van der Waals surface area contributed by atoms with E-state index in [9.17, 15) is 0 Å². The standard InChI is InChI=1S/C16H23NO2/c1-12-6-5-7-13(2)17(12)10-14-11-18-15-8-3-4-9-16(15)19-14/h3-4,8-9,12-14H,5-7,10-11H2,1-2H3. The Morgan fingerprint density at radius 2 is 1.79 bits per heavy atom. The molecule has 0 saturated carbocycles. The summed E-state index contributed by atoms with van der Waals surface area (Å²) < 4.78 is 11.9. The van der Waals surface area contributed by atoms with Crippen LogP contribution in [0, 0.1) is 0 Å². The van der Waals surface area contributed by atoms with Crippen LogP contribution < -0.4 is 9.47 Å². The van der Waals surface area contributed by atoms with Crippen LogP contribution in [0.25, 0.3) is 0 Å². The summed E-state index contributed by atoms with van der Waals surface area (Å²) in [5.41, 5.74) is 0. The van der Waals surface area contributed by atoms with E-state index in [2.05, 4.69) is 18.7 Å². The predicted molar refractivity (Wildman–Crippen MR) is 75.8 cm³/mol. The van der Waals surface area contributed by atoms with Crippen molar-refractivity contribution in [3.05, 3.63) is 24.3 Å². The predicted octanol–water partition coefficient (Wildman–Crippen LogP) is 3.09. The zero-order chi connectivity index (χ0) is 13.2. The molecule has 0 radical (unpaired) electrons. The molecule has 104 valence electrons. The molecule has 2 aliphatic heterocycles. The van der Waals surface area contributed by atoms with Gasteiger partial charge in [0, 0.05) is 18.6 Å². The van der Waals surface area contributed by atoms with E-state index in [-0.39, 0.29) is 6.10 Å². The maximum atomic E-state index is 6.06. The SMILES string of the molecule is CC1CCCC(C)N1CC1COc2ccccc2O1. The number of rotatable bonds is 2. The lowest BCUT2D eigenvalue weighted by Crippen LogP contribution is -2.50. The largest absolute Gasteiger partial charge is 0.486 e. The molecule has 0 aromatic heterocycles. The summed E-state index contributed by atoms with van der Waals surface area (Å²) in [4.78, 5) is 2.57. The molecule has 3 unspecified atom stereocenters. The minimum Gasteiger partial charge on any atom is -0.486 e. The fourth-order valence-corrected chi connectivity index (χ4v) is 3.22. The number of hydrogen-bond acceptors (Lipinski definition) is 3. The van der Waals surface area contributed by atoms with E-state index in [0.29, 0.717) is 18.7 Å². The molecule has 2 aliphatic rings. The number of piperidine rings is 1. The van der Waals surface area contributed by atoms with Crippen LogP contribution in [0.3, 0.4) is 0 Å². The quantitative estimate of drug-likeness (QED) is 0.816. The van der Waals surface area contributed by atoms with E-state index in [0.717, 1.165) is 18.0 Å². The van der Waals surface area contributed by atoms with Crippen LogP contribution in [0.1, 0.15) is 33.1 Å². The highest BCUT2D eigenvalue weighted by atomic mass is 16.6. The first-order valence-corrected chi connectivity index (χ1v) is 7.38. The van der Waals surface area contributed by atoms with Gasteiger partial charge in [-0.2, -0.15) is 0 Å². The number of likely N-dealkylation sites (tertiary alicyclic amines) is 1. The molecule has 1 fully saturated rings. The first kappa shape index (κ1) is 12.8. The van der Waals surface area contributed by atoms with Crippen molar-refractivity contribution in [1.29, 1.82) is 0 Å². The van der Waals surface area contributed by atoms with Crippen molar-refractivity contribution in [1.82, 2.24) is 4.90 Å². The molecule has 1 saturated heterocycles. The molecule has 1 aromatic rings. The third-order valence-corrected chi connectivity index (χ3v) is 4.36. The highest BCUT2D eigenvalue weighted by Crippen LogP contribution is 2.32. The molecule has 0 spiro atoms. The van der Waals surface area contributed by atoms with E-state index in [1.807, 2.05) is 24.3 Å². The molecule has 0 bridgehead atoms. The summed E-state index contributed by atoms with van der Waals surface area (Å²) in [7, 11) is 0. The summed E-state index contributed by atoms with van der Waals surface area (Å²) in [5, 5.41) is 0. The maximum Gasteiger partial charge on any atom is 0.161 e. The van der Waals surface area contributed by atoms with Crippen LogP contribution in [0.15, 0.2) is 24.3 Å². The lowest BCUT2D eigenvalue weighted by atomic mass is 9.97. The fourth-order valence-electron chi connectivity index (χ4n) is 3.22. The summed E-state index contributed by atoms with van der Waals surface area (Å²) in [6, 6.07) is 9.25. The zero-order valence-electron chi connectivity index (χ0n) is 11.8. The van der Waals surface area contributed by atoms with Gasteiger partial charge in [-0.15, -0.1) is 0 Å². The van der Waals surface area contributed by atoms with Gasteiger partial charge in [0.05, 0.1) is 0 Å². The Kier molecular flexibility index (Phi) is 3.65. The van der Waals surface area contributed by atoms with Gasteiger partial charge in [-0.3, -0.25) is 4.90 Å². The van der Waals surface area contributed by atoms with Crippen molar-refractivity contribution in [3.8, 4) is 11.5 Å². The van der Waals surface area contributed by atoms with Crippen LogP contribution in [-0.4, -0.2) is 36.2 Å². The van der Waals surface area contributed by atoms with Crippen LogP contribution in [0.4, 0.5) is 0 Å². The molecule has 3 rings (SSSR count). The first-order valence-electron chi connectivity index (χ1n) is 7.38. The normalized spacial score (nSPS) is 31.2. The monoisotopic (exact) mass is 261 g/mol. The Morgan fingerprint density at radius 3 is 2.53 bits per heavy atom. The van der Waals surface area contributed by atoms with Gasteiger partial charge in [0.2, 0.25) is 0 Å². The Hall–Kier alpha value is -1.22. The van der Waals surface area contributed by atoms with Gasteiger partial charge in [-0.1, -0.05) is 18.6 Å². The van der Waals surface area contributed by atoms with Crippen molar-refractivity contribution >= 4 is 0 Å². The topological polar surface area (TPSA) is 21.7 Å². The summed E-state index contributed by atoms with van der Waals surface area (Å²) >= 11 is 0. The molecule has 0 amide bonds. The molecular weight excluding hydrogens is 238 g/mol. The minimum absolute atomic E-state index is 0.151. The van der Waals surface area contributed by atoms with Crippen molar-refractivity contribution in [2.75, 3.05) is 13.2 Å². The third kappa shape index (κ3) is 2.71. The number of benzene rings is 1. The smallest absolute Gasteiger partial charge is 0.161 e. The van der Waals surface area contributed by atoms with Crippen molar-refractivity contribution < 1.29 is 9.47 Å². The van der Waals surface area contributed by atoms with E-state index < -0.39 is 0 Å². The average molecular weight is 261 g/mol. The summed E-state index contributed by atoms with van der Waals surface area (Å²) in [5.74, 6) is 1.76. The molecule has 3 atom stereocenters. The van der Waals surface area contributed by atoms with Crippen LogP contribution >= 0.6 is 0 Å². The highest BCUT2D eigenvalue weighted by molar-refractivity contribution is 5.40. The molecule has 0 N–H and O–H groups in total. The lowest BCUT2D eigenvalue weighted by molar-refractivity contribution is 0.0175. The van der Waals surface area contributed by atoms with E-state index in [1.165, 1.54) is 19.3 Å². The lowest BCUT2D eigenvalue weighted by Gasteiger charge is -2.41. The second kappa shape index (κ2) is 5.41. The summed E-state index contributed by atoms with van der Waals surface area (Å²) in [6.45, 7) is 6.28. The fraction of sp³-hybridized carbons (Fsp3) is 0.625. The summed E-state index contributed by atoms with van der Waals surface area (Å²) in [6.07, 6.45) is 4.10. The minimum atomic E-state index is 0.151. The zero-order valence-corrected chi connectivity index (χ0v) is 11.8. The molecule has 2 heterocycles. The molecule has 3 heteroatoms. The molecule has 0 aliphatic carbocycles. The van der Waals surface area contributed by atoms with Crippen LogP contribution in [0.2, 0.25) is 0 Å². The Morgan fingerprint density at radius 1 is 1.11 bits per heavy atom. The van der Waals surface area contributed by atoms with Gasteiger partial charge < -0.3 is 9.47 Å². The van der Waals surface area contributed by atoms with Gasteiger partial charge in [-0.25, -0.2) is 0 Å². The van der Waals surface area contributed by atoms with E-state index in [4.69, 9.17) is 9.47 Å². The van der Waals surface area contributed by atoms with Crippen molar-refractivity contribution in [2.24, 2.45) is 0 Å².